The fraction of sp³-hybridized carbons (Fsp3) is 0.375. The molecule has 0 atom stereocenters. The third-order valence-electron chi connectivity index (χ3n) is 1.29. The summed E-state index contributed by atoms with van der Waals surface area (Å²) >= 11 is 8.68. The van der Waals surface area contributed by atoms with E-state index < -0.39 is 0 Å². The Hall–Kier alpha value is 0.01000. The number of Topliss-reactive ketones (excluding diaryl/α,β-unsaturated/α-hetero) is 1. The van der Waals surface area contributed by atoms with E-state index in [-0.39, 0.29) is 5.78 Å². The highest BCUT2D eigenvalue weighted by Crippen LogP contribution is 2.22. The second-order valence-electron chi connectivity index (χ2n) is 2.16. The van der Waals surface area contributed by atoms with Gasteiger partial charge in [0.25, 0.3) is 0 Å². The summed E-state index contributed by atoms with van der Waals surface area (Å²) in [7, 11) is 0. The van der Waals surface area contributed by atoms with E-state index in [9.17, 15) is 4.79 Å². The van der Waals surface area contributed by atoms with Gasteiger partial charge in [-0.3, -0.25) is 4.79 Å². The highest BCUT2D eigenvalue weighted by molar-refractivity contribution is 7.99. The summed E-state index contributed by atoms with van der Waals surface area (Å²) in [6.45, 7) is 2.04. The van der Waals surface area contributed by atoms with Gasteiger partial charge in [0.1, 0.15) is 0 Å². The summed E-state index contributed by atoms with van der Waals surface area (Å²) in [6.07, 6.45) is 0. The Morgan fingerprint density at radius 1 is 1.67 bits per heavy atom. The molecule has 0 aliphatic carbocycles. The van der Waals surface area contributed by atoms with Gasteiger partial charge in [0, 0.05) is 0 Å². The van der Waals surface area contributed by atoms with Crippen molar-refractivity contribution in [1.29, 1.82) is 0 Å². The Labute approximate surface area is 85.1 Å². The van der Waals surface area contributed by atoms with Gasteiger partial charge in [-0.05, 0) is 17.9 Å². The fourth-order valence-corrected chi connectivity index (χ4v) is 2.35. The number of thioether (sulfide) groups is 1. The topological polar surface area (TPSA) is 17.1 Å². The quantitative estimate of drug-likeness (QED) is 0.724. The van der Waals surface area contributed by atoms with E-state index >= 15 is 0 Å². The number of hydrogen-bond donors (Lipinski definition) is 0. The zero-order chi connectivity index (χ0) is 8.97. The Bertz CT molecular complexity index is 270. The molecule has 4 heteroatoms. The maximum absolute atomic E-state index is 11.3. The van der Waals surface area contributed by atoms with Gasteiger partial charge in [0.05, 0.1) is 15.0 Å². The lowest BCUT2D eigenvalue weighted by molar-refractivity contribution is 0.102. The lowest BCUT2D eigenvalue weighted by Crippen LogP contribution is -1.99. The molecule has 1 aromatic heterocycles. The van der Waals surface area contributed by atoms with Crippen molar-refractivity contribution in [2.45, 2.75) is 6.92 Å². The predicted octanol–water partition coefficient (Wildman–Crippen LogP) is 3.34. The van der Waals surface area contributed by atoms with E-state index in [0.29, 0.717) is 10.1 Å². The van der Waals surface area contributed by atoms with Gasteiger partial charge in [-0.15, -0.1) is 11.3 Å². The van der Waals surface area contributed by atoms with Gasteiger partial charge < -0.3 is 0 Å². The van der Waals surface area contributed by atoms with Gasteiger partial charge in [-0.25, -0.2) is 0 Å². The molecule has 0 amide bonds. The molecule has 0 spiro atoms. The highest BCUT2D eigenvalue weighted by Gasteiger charge is 2.07. The maximum atomic E-state index is 11.3. The number of rotatable bonds is 4. The third-order valence-corrected chi connectivity index (χ3v) is 3.43. The first kappa shape index (κ1) is 10.1. The number of thiophene rings is 1. The molecular weight excluding hydrogens is 212 g/mol. The lowest BCUT2D eigenvalue weighted by atomic mass is 10.4. The fourth-order valence-electron chi connectivity index (χ4n) is 0.730. The van der Waals surface area contributed by atoms with Gasteiger partial charge in [0.2, 0.25) is 0 Å². The maximum Gasteiger partial charge on any atom is 0.182 e. The van der Waals surface area contributed by atoms with Crippen LogP contribution in [0.3, 0.4) is 0 Å². The number of carbonyl (C=O) groups excluding carboxylic acids is 1. The number of carbonyl (C=O) groups is 1. The molecule has 0 bridgehead atoms. The second kappa shape index (κ2) is 4.90. The summed E-state index contributed by atoms with van der Waals surface area (Å²) in [5.74, 6) is 1.72. The SMILES string of the molecule is CCSCC(=O)c1ccc(Cl)s1. The minimum absolute atomic E-state index is 0.179. The molecule has 1 rings (SSSR count). The molecule has 66 valence electrons. The van der Waals surface area contributed by atoms with Crippen molar-refractivity contribution in [3.8, 4) is 0 Å². The molecule has 12 heavy (non-hydrogen) atoms. The first-order chi connectivity index (χ1) is 5.74. The van der Waals surface area contributed by atoms with Crippen molar-refractivity contribution in [3.05, 3.63) is 21.3 Å². The molecule has 0 fully saturated rings. The zero-order valence-electron chi connectivity index (χ0n) is 6.67. The van der Waals surface area contributed by atoms with Gasteiger partial charge >= 0.3 is 0 Å². The largest absolute Gasteiger partial charge is 0.292 e. The Morgan fingerprint density at radius 2 is 2.42 bits per heavy atom. The van der Waals surface area contributed by atoms with E-state index in [2.05, 4.69) is 0 Å². The molecule has 0 N–H and O–H groups in total. The molecule has 0 radical (unpaired) electrons. The highest BCUT2D eigenvalue weighted by atomic mass is 35.5. The van der Waals surface area contributed by atoms with Crippen LogP contribution in [0, 0.1) is 0 Å². The van der Waals surface area contributed by atoms with Crippen LogP contribution in [0.4, 0.5) is 0 Å². The van der Waals surface area contributed by atoms with Crippen LogP contribution in [0.5, 0.6) is 0 Å². The molecule has 0 saturated carbocycles. The second-order valence-corrected chi connectivity index (χ2v) is 5.15. The van der Waals surface area contributed by atoms with Crippen LogP contribution in [0.1, 0.15) is 16.6 Å². The van der Waals surface area contributed by atoms with E-state index in [1.54, 1.807) is 23.9 Å². The van der Waals surface area contributed by atoms with E-state index in [4.69, 9.17) is 11.6 Å². The summed E-state index contributed by atoms with van der Waals surface area (Å²) in [4.78, 5) is 12.1. The average Bonchev–Trinajstić information content (AvgIpc) is 2.47. The molecule has 1 nitrogen and oxygen atoms in total. The molecule has 0 unspecified atom stereocenters. The van der Waals surface area contributed by atoms with Crippen LogP contribution in [0.25, 0.3) is 0 Å². The summed E-state index contributed by atoms with van der Waals surface area (Å²) < 4.78 is 0.680. The van der Waals surface area contributed by atoms with E-state index in [1.807, 2.05) is 6.92 Å². The van der Waals surface area contributed by atoms with Crippen LogP contribution in [0.15, 0.2) is 12.1 Å². The van der Waals surface area contributed by atoms with Crippen molar-refractivity contribution >= 4 is 40.5 Å². The molecule has 0 aliphatic heterocycles. The zero-order valence-corrected chi connectivity index (χ0v) is 9.06. The van der Waals surface area contributed by atoms with Crippen LogP contribution in [0.2, 0.25) is 4.34 Å². The Balaban J connectivity index is 2.53. The monoisotopic (exact) mass is 220 g/mol. The van der Waals surface area contributed by atoms with Crippen molar-refractivity contribution < 1.29 is 4.79 Å². The van der Waals surface area contributed by atoms with Crippen LogP contribution < -0.4 is 0 Å². The summed E-state index contributed by atoms with van der Waals surface area (Å²) in [6, 6.07) is 3.54. The molecule has 1 heterocycles. The van der Waals surface area contributed by atoms with Crippen LogP contribution >= 0.6 is 34.7 Å². The molecule has 0 aliphatic rings. The lowest BCUT2D eigenvalue weighted by Gasteiger charge is -1.93. The minimum atomic E-state index is 0.179. The number of hydrogen-bond acceptors (Lipinski definition) is 3. The van der Waals surface area contributed by atoms with Gasteiger partial charge in [0.15, 0.2) is 5.78 Å². The minimum Gasteiger partial charge on any atom is -0.292 e. The normalized spacial score (nSPS) is 10.2. The van der Waals surface area contributed by atoms with Gasteiger partial charge in [-0.2, -0.15) is 11.8 Å². The molecular formula is C8H9ClOS2. The third kappa shape index (κ3) is 2.81. The van der Waals surface area contributed by atoms with E-state index in [1.165, 1.54) is 11.3 Å². The van der Waals surface area contributed by atoms with Gasteiger partial charge in [-0.1, -0.05) is 18.5 Å². The average molecular weight is 221 g/mol. The molecule has 0 aromatic carbocycles. The number of ketones is 1. The Kier molecular flexibility index (Phi) is 4.12. The molecule has 1 aromatic rings. The van der Waals surface area contributed by atoms with Crippen LogP contribution in [-0.4, -0.2) is 17.3 Å². The van der Waals surface area contributed by atoms with E-state index in [0.717, 1.165) is 10.6 Å². The first-order valence-electron chi connectivity index (χ1n) is 3.60. The summed E-state index contributed by atoms with van der Waals surface area (Å²) in [5, 5.41) is 0. The summed E-state index contributed by atoms with van der Waals surface area (Å²) in [5.41, 5.74) is 0. The molecule has 0 saturated heterocycles. The first-order valence-corrected chi connectivity index (χ1v) is 5.95. The van der Waals surface area contributed by atoms with Crippen molar-refractivity contribution in [2.24, 2.45) is 0 Å². The van der Waals surface area contributed by atoms with Crippen LogP contribution in [-0.2, 0) is 0 Å². The smallest absolute Gasteiger partial charge is 0.182 e. The van der Waals surface area contributed by atoms with Crippen molar-refractivity contribution in [3.63, 3.8) is 0 Å². The van der Waals surface area contributed by atoms with Crippen molar-refractivity contribution in [2.75, 3.05) is 11.5 Å². The standard InChI is InChI=1S/C8H9ClOS2/c1-2-11-5-6(10)7-3-4-8(9)12-7/h3-4H,2,5H2,1H3. The Morgan fingerprint density at radius 3 is 2.92 bits per heavy atom. The number of halogens is 1. The predicted molar refractivity (Wildman–Crippen MR) is 56.7 cm³/mol. The van der Waals surface area contributed by atoms with Crippen molar-refractivity contribution in [1.82, 2.24) is 0 Å².